The molecule has 1 N–H and O–H groups in total. The average Bonchev–Trinajstić information content (AvgIpc) is 3.39. The molecule has 1 saturated carbocycles. The van der Waals surface area contributed by atoms with Crippen LogP contribution >= 0.6 is 0 Å². The third-order valence-corrected chi connectivity index (χ3v) is 6.28. The van der Waals surface area contributed by atoms with Crippen LogP contribution in [0.5, 0.6) is 0 Å². The van der Waals surface area contributed by atoms with E-state index in [2.05, 4.69) is 5.32 Å². The predicted molar refractivity (Wildman–Crippen MR) is 83.8 cm³/mol. The van der Waals surface area contributed by atoms with Crippen molar-refractivity contribution in [3.05, 3.63) is 29.8 Å². The summed E-state index contributed by atoms with van der Waals surface area (Å²) in [5, 5.41) is 11.8. The minimum Gasteiger partial charge on any atom is -0.353 e. The van der Waals surface area contributed by atoms with E-state index in [1.807, 2.05) is 6.07 Å². The molecule has 0 bridgehead atoms. The van der Waals surface area contributed by atoms with E-state index in [4.69, 9.17) is 5.26 Å². The van der Waals surface area contributed by atoms with Crippen LogP contribution in [0.1, 0.15) is 31.2 Å². The molecule has 1 aromatic carbocycles. The molecule has 2 aliphatic rings. The van der Waals surface area contributed by atoms with Gasteiger partial charge < -0.3 is 5.32 Å². The zero-order valence-corrected chi connectivity index (χ0v) is 13.6. The molecule has 3 rings (SSSR count). The Balaban J connectivity index is 1.63. The summed E-state index contributed by atoms with van der Waals surface area (Å²) in [6.07, 6.45) is 3.21. The van der Waals surface area contributed by atoms with Gasteiger partial charge in [-0.3, -0.25) is 4.79 Å². The second-order valence-corrected chi connectivity index (χ2v) is 8.04. The Morgan fingerprint density at radius 2 is 1.74 bits per heavy atom. The first-order valence-electron chi connectivity index (χ1n) is 7.81. The highest BCUT2D eigenvalue weighted by Gasteiger charge is 2.33. The molecule has 1 aliphatic heterocycles. The van der Waals surface area contributed by atoms with Crippen LogP contribution in [0.15, 0.2) is 29.2 Å². The van der Waals surface area contributed by atoms with Crippen LogP contribution in [0, 0.1) is 17.2 Å². The number of nitriles is 1. The van der Waals surface area contributed by atoms with Crippen LogP contribution in [0.25, 0.3) is 0 Å². The maximum atomic E-state index is 12.6. The molecule has 1 aromatic rings. The van der Waals surface area contributed by atoms with Crippen molar-refractivity contribution in [3.63, 3.8) is 0 Å². The standard InChI is InChI=1S/C16H19N3O3S/c17-11-12-1-5-15(6-2-12)23(21,22)19-9-7-13(8-10-19)16(20)18-14-3-4-14/h1-2,5-6,13-14H,3-4,7-10H2,(H,18,20). The van der Waals surface area contributed by atoms with Gasteiger partial charge in [-0.25, -0.2) is 8.42 Å². The van der Waals surface area contributed by atoms with Gasteiger partial charge in [0.1, 0.15) is 0 Å². The summed E-state index contributed by atoms with van der Waals surface area (Å²) >= 11 is 0. The molecule has 1 saturated heterocycles. The van der Waals surface area contributed by atoms with Crippen molar-refractivity contribution in [1.82, 2.24) is 9.62 Å². The van der Waals surface area contributed by atoms with Crippen molar-refractivity contribution in [2.45, 2.75) is 36.6 Å². The number of nitrogens with zero attached hydrogens (tertiary/aromatic N) is 2. The van der Waals surface area contributed by atoms with E-state index in [0.717, 1.165) is 12.8 Å². The van der Waals surface area contributed by atoms with Crippen molar-refractivity contribution in [2.24, 2.45) is 5.92 Å². The maximum absolute atomic E-state index is 12.6. The maximum Gasteiger partial charge on any atom is 0.243 e. The Labute approximate surface area is 136 Å². The highest BCUT2D eigenvalue weighted by molar-refractivity contribution is 7.89. The lowest BCUT2D eigenvalue weighted by Crippen LogP contribution is -2.43. The Kier molecular flexibility index (Phi) is 4.37. The molecule has 0 aromatic heterocycles. The molecule has 23 heavy (non-hydrogen) atoms. The third-order valence-electron chi connectivity index (χ3n) is 4.37. The fourth-order valence-corrected chi connectivity index (χ4v) is 4.23. The minimum absolute atomic E-state index is 0.0583. The number of amides is 1. The summed E-state index contributed by atoms with van der Waals surface area (Å²) in [6, 6.07) is 8.23. The van der Waals surface area contributed by atoms with Crippen molar-refractivity contribution in [2.75, 3.05) is 13.1 Å². The molecule has 1 aliphatic carbocycles. The molecule has 0 radical (unpaired) electrons. The summed E-state index contributed by atoms with van der Waals surface area (Å²) in [5.74, 6) is -0.0362. The number of nitrogens with one attached hydrogen (secondary N) is 1. The van der Waals surface area contributed by atoms with E-state index in [1.54, 1.807) is 0 Å². The van der Waals surface area contributed by atoms with E-state index in [-0.39, 0.29) is 16.7 Å². The molecule has 7 heteroatoms. The van der Waals surface area contributed by atoms with Crippen molar-refractivity contribution in [3.8, 4) is 6.07 Å². The topological polar surface area (TPSA) is 90.3 Å². The zero-order valence-electron chi connectivity index (χ0n) is 12.7. The van der Waals surface area contributed by atoms with E-state index in [1.165, 1.54) is 28.6 Å². The highest BCUT2D eigenvalue weighted by Crippen LogP contribution is 2.26. The molecule has 0 unspecified atom stereocenters. The van der Waals surface area contributed by atoms with E-state index < -0.39 is 10.0 Å². The first-order chi connectivity index (χ1) is 11.0. The SMILES string of the molecule is N#Cc1ccc(S(=O)(=O)N2CCC(C(=O)NC3CC3)CC2)cc1. The van der Waals surface area contributed by atoms with Gasteiger partial charge in [0.25, 0.3) is 0 Å². The zero-order chi connectivity index (χ0) is 16.4. The summed E-state index contributed by atoms with van der Waals surface area (Å²) < 4.78 is 26.6. The van der Waals surface area contributed by atoms with Crippen molar-refractivity contribution in [1.29, 1.82) is 5.26 Å². The molecular formula is C16H19N3O3S. The summed E-state index contributed by atoms with van der Waals surface area (Å²) in [5.41, 5.74) is 0.430. The lowest BCUT2D eigenvalue weighted by atomic mass is 9.97. The number of sulfonamides is 1. The molecule has 6 nitrogen and oxygen atoms in total. The third kappa shape index (κ3) is 3.54. The van der Waals surface area contributed by atoms with Gasteiger partial charge in [0.2, 0.25) is 15.9 Å². The Morgan fingerprint density at radius 3 is 2.26 bits per heavy atom. The Morgan fingerprint density at radius 1 is 1.13 bits per heavy atom. The van der Waals surface area contributed by atoms with E-state index in [0.29, 0.717) is 37.5 Å². The number of hydrogen-bond donors (Lipinski definition) is 1. The smallest absolute Gasteiger partial charge is 0.243 e. The summed E-state index contributed by atoms with van der Waals surface area (Å²) in [6.45, 7) is 0.705. The number of carbonyl (C=O) groups excluding carboxylic acids is 1. The minimum atomic E-state index is -3.55. The number of hydrogen-bond acceptors (Lipinski definition) is 4. The van der Waals surface area contributed by atoms with Gasteiger partial charge in [-0.15, -0.1) is 0 Å². The lowest BCUT2D eigenvalue weighted by molar-refractivity contribution is -0.126. The quantitative estimate of drug-likeness (QED) is 0.897. The van der Waals surface area contributed by atoms with Gasteiger partial charge in [0.15, 0.2) is 0 Å². The van der Waals surface area contributed by atoms with E-state index in [9.17, 15) is 13.2 Å². The second-order valence-electron chi connectivity index (χ2n) is 6.10. The normalized spacial score (nSPS) is 20.0. The van der Waals surface area contributed by atoms with Gasteiger partial charge in [0, 0.05) is 25.0 Å². The average molecular weight is 333 g/mol. The Hall–Kier alpha value is -1.91. The molecule has 2 fully saturated rings. The number of carbonyl (C=O) groups is 1. The number of piperidine rings is 1. The molecule has 0 atom stereocenters. The van der Waals surface area contributed by atoms with Crippen LogP contribution in [-0.4, -0.2) is 37.8 Å². The lowest BCUT2D eigenvalue weighted by Gasteiger charge is -2.30. The van der Waals surface area contributed by atoms with Gasteiger partial charge >= 0.3 is 0 Å². The van der Waals surface area contributed by atoms with Crippen LogP contribution < -0.4 is 5.32 Å². The fourth-order valence-electron chi connectivity index (χ4n) is 2.76. The largest absolute Gasteiger partial charge is 0.353 e. The molecular weight excluding hydrogens is 314 g/mol. The van der Waals surface area contributed by atoms with Crippen LogP contribution in [0.3, 0.4) is 0 Å². The summed E-state index contributed by atoms with van der Waals surface area (Å²) in [4.78, 5) is 12.2. The van der Waals surface area contributed by atoms with Crippen molar-refractivity contribution < 1.29 is 13.2 Å². The monoisotopic (exact) mass is 333 g/mol. The van der Waals surface area contributed by atoms with Gasteiger partial charge in [-0.05, 0) is 49.9 Å². The molecule has 1 heterocycles. The molecule has 1 amide bonds. The number of rotatable bonds is 4. The van der Waals surface area contributed by atoms with Gasteiger partial charge in [0.05, 0.1) is 16.5 Å². The first kappa shape index (κ1) is 16.0. The fraction of sp³-hybridized carbons (Fsp3) is 0.500. The van der Waals surface area contributed by atoms with Gasteiger partial charge in [-0.1, -0.05) is 0 Å². The first-order valence-corrected chi connectivity index (χ1v) is 9.25. The van der Waals surface area contributed by atoms with Crippen LogP contribution in [-0.2, 0) is 14.8 Å². The Bertz CT molecular complexity index is 725. The number of benzene rings is 1. The molecule has 122 valence electrons. The summed E-state index contributed by atoms with van der Waals surface area (Å²) in [7, 11) is -3.55. The van der Waals surface area contributed by atoms with Crippen LogP contribution in [0.2, 0.25) is 0 Å². The van der Waals surface area contributed by atoms with Crippen LogP contribution in [0.4, 0.5) is 0 Å². The van der Waals surface area contributed by atoms with Gasteiger partial charge in [-0.2, -0.15) is 9.57 Å². The van der Waals surface area contributed by atoms with Crippen molar-refractivity contribution >= 4 is 15.9 Å². The second kappa shape index (κ2) is 6.30. The predicted octanol–water partition coefficient (Wildman–Crippen LogP) is 1.24. The van der Waals surface area contributed by atoms with E-state index >= 15 is 0 Å². The molecule has 0 spiro atoms. The highest BCUT2D eigenvalue weighted by atomic mass is 32.2.